The number of hydrogen-bond donors (Lipinski definition) is 0. The van der Waals surface area contributed by atoms with Gasteiger partial charge in [-0.25, -0.2) is 4.79 Å². The van der Waals surface area contributed by atoms with E-state index in [1.165, 1.54) is 4.90 Å². The molecular formula is C22H35N5O4. The lowest BCUT2D eigenvalue weighted by Crippen LogP contribution is -2.58. The number of urea groups is 1. The Balaban J connectivity index is 1.78. The van der Waals surface area contributed by atoms with Crippen molar-refractivity contribution in [2.45, 2.75) is 59.0 Å². The number of aryl methyl sites for hydroxylation is 2. The number of piperidine rings is 1. The van der Waals surface area contributed by atoms with E-state index in [-0.39, 0.29) is 23.8 Å². The Morgan fingerprint density at radius 2 is 1.94 bits per heavy atom. The standard InChI is InChI=1S/C22H35N5O4/c1-6-27-18(14-17(4)23-27)19(28)24-11-8-22(9-12-24)20(29)25(10-7-13-31-5)21(30)26(22)15-16(2)3/h14,16H,6-13,15H2,1-5H3. The van der Waals surface area contributed by atoms with Gasteiger partial charge in [-0.3, -0.25) is 19.2 Å². The Kier molecular flexibility index (Phi) is 7.03. The number of aromatic nitrogens is 2. The third-order valence-electron chi connectivity index (χ3n) is 6.20. The first kappa shape index (κ1) is 23.2. The molecule has 1 spiro atoms. The van der Waals surface area contributed by atoms with E-state index in [0.29, 0.717) is 64.3 Å². The topological polar surface area (TPSA) is 88.0 Å². The molecule has 0 aliphatic carbocycles. The molecule has 0 bridgehead atoms. The molecule has 2 fully saturated rings. The fourth-order valence-electron chi connectivity index (χ4n) is 4.65. The maximum absolute atomic E-state index is 13.4. The van der Waals surface area contributed by atoms with Gasteiger partial charge in [0.1, 0.15) is 11.2 Å². The highest BCUT2D eigenvalue weighted by Crippen LogP contribution is 2.38. The average Bonchev–Trinajstić information content (AvgIpc) is 3.21. The smallest absolute Gasteiger partial charge is 0.327 e. The van der Waals surface area contributed by atoms with Crippen LogP contribution in [0.15, 0.2) is 6.07 Å². The van der Waals surface area contributed by atoms with E-state index in [4.69, 9.17) is 4.74 Å². The van der Waals surface area contributed by atoms with E-state index in [1.807, 2.05) is 33.8 Å². The molecule has 9 nitrogen and oxygen atoms in total. The zero-order chi connectivity index (χ0) is 22.8. The largest absolute Gasteiger partial charge is 0.385 e. The number of nitrogens with zero attached hydrogens (tertiary/aromatic N) is 5. The SMILES string of the molecule is CCn1nc(C)cc1C(=O)N1CCC2(CC1)C(=O)N(CCCOC)C(=O)N2CC(C)C. The maximum atomic E-state index is 13.4. The second-order valence-corrected chi connectivity index (χ2v) is 8.90. The first-order valence-electron chi connectivity index (χ1n) is 11.2. The minimum absolute atomic E-state index is 0.0681. The number of methoxy groups -OCH3 is 1. The van der Waals surface area contributed by atoms with Gasteiger partial charge in [-0.1, -0.05) is 13.8 Å². The van der Waals surface area contributed by atoms with Crippen LogP contribution < -0.4 is 0 Å². The second-order valence-electron chi connectivity index (χ2n) is 8.90. The lowest BCUT2D eigenvalue weighted by Gasteiger charge is -2.42. The molecular weight excluding hydrogens is 398 g/mol. The molecule has 1 aromatic heterocycles. The molecule has 3 heterocycles. The second kappa shape index (κ2) is 9.38. The van der Waals surface area contributed by atoms with Gasteiger partial charge in [-0.15, -0.1) is 0 Å². The highest BCUT2D eigenvalue weighted by Gasteiger charge is 2.58. The highest BCUT2D eigenvalue weighted by molar-refractivity contribution is 6.07. The lowest BCUT2D eigenvalue weighted by molar-refractivity contribution is -0.135. The van der Waals surface area contributed by atoms with E-state index >= 15 is 0 Å². The Hall–Kier alpha value is -2.42. The molecule has 2 aliphatic heterocycles. The summed E-state index contributed by atoms with van der Waals surface area (Å²) in [6.45, 7) is 10.8. The van der Waals surface area contributed by atoms with E-state index in [0.717, 1.165) is 5.69 Å². The maximum Gasteiger partial charge on any atom is 0.327 e. The molecule has 1 aromatic rings. The number of likely N-dealkylation sites (tertiary alicyclic amines) is 1. The van der Waals surface area contributed by atoms with Gasteiger partial charge >= 0.3 is 6.03 Å². The summed E-state index contributed by atoms with van der Waals surface area (Å²) in [6, 6.07) is 1.59. The molecule has 0 N–H and O–H groups in total. The normalized spacial score (nSPS) is 18.7. The molecule has 0 saturated carbocycles. The van der Waals surface area contributed by atoms with E-state index in [2.05, 4.69) is 5.10 Å². The van der Waals surface area contributed by atoms with Crippen LogP contribution >= 0.6 is 0 Å². The predicted molar refractivity (Wildman–Crippen MR) is 116 cm³/mol. The van der Waals surface area contributed by atoms with Crippen molar-refractivity contribution in [1.82, 2.24) is 24.5 Å². The van der Waals surface area contributed by atoms with Crippen molar-refractivity contribution in [2.75, 3.05) is 39.9 Å². The average molecular weight is 434 g/mol. The van der Waals surface area contributed by atoms with Crippen LogP contribution in [0.5, 0.6) is 0 Å². The number of carbonyl (C=O) groups is 3. The summed E-state index contributed by atoms with van der Waals surface area (Å²) in [6.07, 6.45) is 1.52. The molecule has 0 aromatic carbocycles. The Morgan fingerprint density at radius 1 is 1.26 bits per heavy atom. The molecule has 4 amide bonds. The number of hydrogen-bond acceptors (Lipinski definition) is 5. The Labute approximate surface area is 184 Å². The molecule has 172 valence electrons. The fraction of sp³-hybridized carbons (Fsp3) is 0.727. The van der Waals surface area contributed by atoms with Crippen molar-refractivity contribution in [3.63, 3.8) is 0 Å². The summed E-state index contributed by atoms with van der Waals surface area (Å²) in [4.78, 5) is 44.6. The van der Waals surface area contributed by atoms with Crippen molar-refractivity contribution in [1.29, 1.82) is 0 Å². The molecule has 0 unspecified atom stereocenters. The summed E-state index contributed by atoms with van der Waals surface area (Å²) < 4.78 is 6.81. The van der Waals surface area contributed by atoms with Crippen molar-refractivity contribution in [3.05, 3.63) is 17.5 Å². The van der Waals surface area contributed by atoms with Crippen LogP contribution in [0.1, 0.15) is 56.2 Å². The van der Waals surface area contributed by atoms with Gasteiger partial charge in [0.15, 0.2) is 0 Å². The van der Waals surface area contributed by atoms with Crippen molar-refractivity contribution in [3.8, 4) is 0 Å². The van der Waals surface area contributed by atoms with E-state index < -0.39 is 5.54 Å². The van der Waals surface area contributed by atoms with Crippen LogP contribution in [-0.2, 0) is 16.1 Å². The Morgan fingerprint density at radius 3 is 2.52 bits per heavy atom. The van der Waals surface area contributed by atoms with Crippen molar-refractivity contribution < 1.29 is 19.1 Å². The zero-order valence-corrected chi connectivity index (χ0v) is 19.4. The van der Waals surface area contributed by atoms with Gasteiger partial charge in [0.05, 0.1) is 5.69 Å². The van der Waals surface area contributed by atoms with Crippen LogP contribution in [-0.4, -0.2) is 87.8 Å². The predicted octanol–water partition coefficient (Wildman–Crippen LogP) is 2.14. The quantitative estimate of drug-likeness (QED) is 0.463. The minimum Gasteiger partial charge on any atom is -0.385 e. The van der Waals surface area contributed by atoms with Gasteiger partial charge in [-0.05, 0) is 45.1 Å². The van der Waals surface area contributed by atoms with Crippen LogP contribution in [0.3, 0.4) is 0 Å². The number of imide groups is 1. The molecule has 2 aliphatic rings. The van der Waals surface area contributed by atoms with E-state index in [1.54, 1.807) is 21.6 Å². The molecule has 0 radical (unpaired) electrons. The molecule has 2 saturated heterocycles. The van der Waals surface area contributed by atoms with Crippen molar-refractivity contribution >= 4 is 17.8 Å². The van der Waals surface area contributed by atoms with Gasteiger partial charge in [0.25, 0.3) is 11.8 Å². The summed E-state index contributed by atoms with van der Waals surface area (Å²) in [5.74, 6) is 0.0475. The number of rotatable bonds is 8. The summed E-state index contributed by atoms with van der Waals surface area (Å²) in [5.41, 5.74) is 0.529. The molecule has 31 heavy (non-hydrogen) atoms. The van der Waals surface area contributed by atoms with Gasteiger partial charge in [0.2, 0.25) is 0 Å². The van der Waals surface area contributed by atoms with Crippen molar-refractivity contribution in [2.24, 2.45) is 5.92 Å². The highest BCUT2D eigenvalue weighted by atomic mass is 16.5. The van der Waals surface area contributed by atoms with Gasteiger partial charge in [-0.2, -0.15) is 5.10 Å². The Bertz CT molecular complexity index is 826. The zero-order valence-electron chi connectivity index (χ0n) is 19.4. The summed E-state index contributed by atoms with van der Waals surface area (Å²) >= 11 is 0. The third kappa shape index (κ3) is 4.33. The van der Waals surface area contributed by atoms with Crippen LogP contribution in [0, 0.1) is 12.8 Å². The molecule has 3 rings (SSSR count). The van der Waals surface area contributed by atoms with Gasteiger partial charge in [0, 0.05) is 46.4 Å². The van der Waals surface area contributed by atoms with Crippen LogP contribution in [0.2, 0.25) is 0 Å². The summed E-state index contributed by atoms with van der Waals surface area (Å²) in [7, 11) is 1.61. The van der Waals surface area contributed by atoms with Gasteiger partial charge < -0.3 is 14.5 Å². The molecule has 0 atom stereocenters. The molecule has 9 heteroatoms. The van der Waals surface area contributed by atoms with Crippen LogP contribution in [0.25, 0.3) is 0 Å². The minimum atomic E-state index is -0.855. The lowest BCUT2D eigenvalue weighted by atomic mass is 9.85. The number of amides is 4. The first-order valence-corrected chi connectivity index (χ1v) is 11.2. The third-order valence-corrected chi connectivity index (χ3v) is 6.20. The van der Waals surface area contributed by atoms with Crippen LogP contribution in [0.4, 0.5) is 4.79 Å². The first-order chi connectivity index (χ1) is 14.7. The number of ether oxygens (including phenoxy) is 1. The summed E-state index contributed by atoms with van der Waals surface area (Å²) in [5, 5.41) is 4.37. The number of carbonyl (C=O) groups excluding carboxylic acids is 3. The van der Waals surface area contributed by atoms with E-state index in [9.17, 15) is 14.4 Å². The fourth-order valence-corrected chi connectivity index (χ4v) is 4.65. The monoisotopic (exact) mass is 433 g/mol.